The fourth-order valence-electron chi connectivity index (χ4n) is 2.90. The lowest BCUT2D eigenvalue weighted by Crippen LogP contribution is -2.21. The van der Waals surface area contributed by atoms with E-state index in [1.54, 1.807) is 30.3 Å². The Hall–Kier alpha value is -3.34. The summed E-state index contributed by atoms with van der Waals surface area (Å²) in [5.74, 6) is -0.904. The molecule has 0 atom stereocenters. The second-order valence-electron chi connectivity index (χ2n) is 6.49. The Balaban J connectivity index is 1.64. The molecule has 0 aliphatic rings. The number of anilines is 1. The first kappa shape index (κ1) is 18.5. The van der Waals surface area contributed by atoms with Gasteiger partial charge in [-0.05, 0) is 63.2 Å². The molecule has 1 aromatic heterocycles. The van der Waals surface area contributed by atoms with Crippen molar-refractivity contribution in [2.45, 2.75) is 20.8 Å². The molecule has 0 bridgehead atoms. The Bertz CT molecular complexity index is 952. The summed E-state index contributed by atoms with van der Waals surface area (Å²) in [6.45, 7) is 5.65. The zero-order valence-corrected chi connectivity index (χ0v) is 15.7. The number of amides is 1. The number of hydrogen-bond acceptors (Lipinski definition) is 3. The predicted molar refractivity (Wildman–Crippen MR) is 105 cm³/mol. The molecule has 5 nitrogen and oxygen atoms in total. The third kappa shape index (κ3) is 4.44. The van der Waals surface area contributed by atoms with Gasteiger partial charge >= 0.3 is 5.97 Å². The quantitative estimate of drug-likeness (QED) is 0.692. The highest BCUT2D eigenvalue weighted by Gasteiger charge is 2.12. The van der Waals surface area contributed by atoms with E-state index in [4.69, 9.17) is 4.74 Å². The third-order valence-electron chi connectivity index (χ3n) is 4.28. The minimum Gasteiger partial charge on any atom is -0.452 e. The molecule has 138 valence electrons. The molecule has 0 spiro atoms. The number of rotatable bonds is 5. The summed E-state index contributed by atoms with van der Waals surface area (Å²) in [7, 11) is 0. The van der Waals surface area contributed by atoms with E-state index in [1.165, 1.54) is 0 Å². The highest BCUT2D eigenvalue weighted by atomic mass is 16.5. The number of nitrogens with zero attached hydrogens (tertiary/aromatic N) is 1. The van der Waals surface area contributed by atoms with Crippen LogP contribution < -0.4 is 5.32 Å². The maximum absolute atomic E-state index is 12.3. The molecule has 1 N–H and O–H groups in total. The van der Waals surface area contributed by atoms with E-state index in [0.717, 1.165) is 22.6 Å². The van der Waals surface area contributed by atoms with Crippen molar-refractivity contribution in [3.05, 3.63) is 83.2 Å². The number of aryl methyl sites for hydroxylation is 3. The maximum Gasteiger partial charge on any atom is 0.338 e. The summed E-state index contributed by atoms with van der Waals surface area (Å²) in [6.07, 6.45) is 0. The molecule has 2 aromatic carbocycles. The van der Waals surface area contributed by atoms with Crippen LogP contribution in [0.2, 0.25) is 0 Å². The number of carbonyl (C=O) groups excluding carboxylic acids is 2. The van der Waals surface area contributed by atoms with Gasteiger partial charge in [0.2, 0.25) is 0 Å². The van der Waals surface area contributed by atoms with Gasteiger partial charge in [0.15, 0.2) is 6.61 Å². The van der Waals surface area contributed by atoms with Gasteiger partial charge in [-0.25, -0.2) is 4.79 Å². The van der Waals surface area contributed by atoms with Crippen LogP contribution in [-0.2, 0) is 9.53 Å². The largest absolute Gasteiger partial charge is 0.452 e. The van der Waals surface area contributed by atoms with Crippen LogP contribution in [0, 0.1) is 20.8 Å². The molecule has 0 saturated carbocycles. The summed E-state index contributed by atoms with van der Waals surface area (Å²) >= 11 is 0. The van der Waals surface area contributed by atoms with Gasteiger partial charge in [0.05, 0.1) is 5.56 Å². The van der Waals surface area contributed by atoms with Gasteiger partial charge in [0, 0.05) is 22.8 Å². The van der Waals surface area contributed by atoms with Crippen molar-refractivity contribution >= 4 is 17.6 Å². The van der Waals surface area contributed by atoms with Gasteiger partial charge in [-0.3, -0.25) is 4.79 Å². The number of ether oxygens (including phenoxy) is 1. The van der Waals surface area contributed by atoms with Crippen LogP contribution in [0.5, 0.6) is 0 Å². The summed E-state index contributed by atoms with van der Waals surface area (Å²) in [5, 5.41) is 2.70. The molecule has 27 heavy (non-hydrogen) atoms. The molecule has 0 aliphatic heterocycles. The van der Waals surface area contributed by atoms with Crippen LogP contribution in [-0.4, -0.2) is 23.1 Å². The molecule has 0 fully saturated rings. The molecule has 3 rings (SSSR count). The SMILES string of the molecule is Cc1ccc(NC(=O)COC(=O)c2cccc(-n3c(C)ccc3C)c2)cc1. The van der Waals surface area contributed by atoms with Crippen molar-refractivity contribution in [1.29, 1.82) is 0 Å². The standard InChI is InChI=1S/C22H22N2O3/c1-15-7-11-19(12-8-15)23-21(25)14-27-22(26)18-5-4-6-20(13-18)24-16(2)9-10-17(24)3/h4-13H,14H2,1-3H3,(H,23,25). The lowest BCUT2D eigenvalue weighted by molar-refractivity contribution is -0.119. The number of carbonyl (C=O) groups is 2. The molecule has 5 heteroatoms. The lowest BCUT2D eigenvalue weighted by Gasteiger charge is -2.11. The highest BCUT2D eigenvalue weighted by molar-refractivity contribution is 5.95. The minimum atomic E-state index is -0.529. The van der Waals surface area contributed by atoms with Crippen molar-refractivity contribution in [2.24, 2.45) is 0 Å². The second kappa shape index (κ2) is 7.91. The molecule has 3 aromatic rings. The molecule has 0 unspecified atom stereocenters. The van der Waals surface area contributed by atoms with Crippen molar-refractivity contribution in [2.75, 3.05) is 11.9 Å². The van der Waals surface area contributed by atoms with Gasteiger partial charge in [-0.15, -0.1) is 0 Å². The van der Waals surface area contributed by atoms with Crippen LogP contribution in [0.3, 0.4) is 0 Å². The van der Waals surface area contributed by atoms with Crippen molar-refractivity contribution in [1.82, 2.24) is 4.57 Å². The topological polar surface area (TPSA) is 60.3 Å². The van der Waals surface area contributed by atoms with E-state index in [2.05, 4.69) is 9.88 Å². The van der Waals surface area contributed by atoms with Crippen LogP contribution in [0.25, 0.3) is 5.69 Å². The van der Waals surface area contributed by atoms with E-state index in [-0.39, 0.29) is 12.5 Å². The predicted octanol–water partition coefficient (Wildman–Crippen LogP) is 4.20. The van der Waals surface area contributed by atoms with Crippen LogP contribution in [0.1, 0.15) is 27.3 Å². The van der Waals surface area contributed by atoms with Crippen LogP contribution >= 0.6 is 0 Å². The van der Waals surface area contributed by atoms with E-state index in [1.807, 2.05) is 51.1 Å². The summed E-state index contributed by atoms with van der Waals surface area (Å²) in [5.41, 5.74) is 5.22. The summed E-state index contributed by atoms with van der Waals surface area (Å²) in [4.78, 5) is 24.3. The van der Waals surface area contributed by atoms with Crippen LogP contribution in [0.4, 0.5) is 5.69 Å². The Kier molecular flexibility index (Phi) is 5.41. The third-order valence-corrected chi connectivity index (χ3v) is 4.28. The molecular formula is C22H22N2O3. The first-order valence-electron chi connectivity index (χ1n) is 8.73. The fourth-order valence-corrected chi connectivity index (χ4v) is 2.90. The fraction of sp³-hybridized carbons (Fsp3) is 0.182. The molecular weight excluding hydrogens is 340 g/mol. The average Bonchev–Trinajstić information content (AvgIpc) is 3.00. The van der Waals surface area contributed by atoms with Gasteiger partial charge < -0.3 is 14.6 Å². The molecule has 0 saturated heterocycles. The second-order valence-corrected chi connectivity index (χ2v) is 6.49. The van der Waals surface area contributed by atoms with E-state index >= 15 is 0 Å². The number of esters is 1. The zero-order valence-electron chi connectivity index (χ0n) is 15.7. The number of aromatic nitrogens is 1. The Morgan fingerprint density at radius 3 is 2.26 bits per heavy atom. The normalized spacial score (nSPS) is 10.5. The number of hydrogen-bond donors (Lipinski definition) is 1. The molecule has 1 heterocycles. The minimum absolute atomic E-state index is 0.335. The lowest BCUT2D eigenvalue weighted by atomic mass is 10.2. The van der Waals surface area contributed by atoms with Gasteiger partial charge in [0.25, 0.3) is 5.91 Å². The molecule has 0 aliphatic carbocycles. The van der Waals surface area contributed by atoms with Gasteiger partial charge in [-0.2, -0.15) is 0 Å². The summed E-state index contributed by atoms with van der Waals surface area (Å²) in [6, 6.07) is 18.6. The smallest absolute Gasteiger partial charge is 0.338 e. The summed E-state index contributed by atoms with van der Waals surface area (Å²) < 4.78 is 7.21. The van der Waals surface area contributed by atoms with E-state index in [0.29, 0.717) is 11.3 Å². The number of nitrogens with one attached hydrogen (secondary N) is 1. The highest BCUT2D eigenvalue weighted by Crippen LogP contribution is 2.18. The Morgan fingerprint density at radius 1 is 0.926 bits per heavy atom. The van der Waals surface area contributed by atoms with Crippen LogP contribution in [0.15, 0.2) is 60.7 Å². The molecule has 1 amide bonds. The Morgan fingerprint density at radius 2 is 1.59 bits per heavy atom. The van der Waals surface area contributed by atoms with Gasteiger partial charge in [-0.1, -0.05) is 23.8 Å². The Labute approximate surface area is 158 Å². The van der Waals surface area contributed by atoms with E-state index in [9.17, 15) is 9.59 Å². The maximum atomic E-state index is 12.3. The number of benzene rings is 2. The molecule has 0 radical (unpaired) electrons. The first-order valence-corrected chi connectivity index (χ1v) is 8.73. The van der Waals surface area contributed by atoms with Crippen molar-refractivity contribution in [3.63, 3.8) is 0 Å². The van der Waals surface area contributed by atoms with Crippen molar-refractivity contribution < 1.29 is 14.3 Å². The van der Waals surface area contributed by atoms with Crippen molar-refractivity contribution in [3.8, 4) is 5.69 Å². The van der Waals surface area contributed by atoms with E-state index < -0.39 is 5.97 Å². The monoisotopic (exact) mass is 362 g/mol. The first-order chi connectivity index (χ1) is 12.9. The zero-order chi connectivity index (χ0) is 19.4. The van der Waals surface area contributed by atoms with Gasteiger partial charge in [0.1, 0.15) is 0 Å². The average molecular weight is 362 g/mol.